The predicted octanol–water partition coefficient (Wildman–Crippen LogP) is 4.23. The quantitative estimate of drug-likeness (QED) is 0.403. The number of amides is 1. The number of ether oxygens (including phenoxy) is 1. The van der Waals surface area contributed by atoms with E-state index in [2.05, 4.69) is 9.97 Å². The van der Waals surface area contributed by atoms with Gasteiger partial charge in [0, 0.05) is 23.3 Å². The van der Waals surface area contributed by atoms with E-state index in [9.17, 15) is 14.4 Å². The third-order valence-electron chi connectivity index (χ3n) is 4.61. The second-order valence-corrected chi connectivity index (χ2v) is 6.29. The Bertz CT molecular complexity index is 1190. The molecule has 2 heterocycles. The van der Waals surface area contributed by atoms with Crippen molar-refractivity contribution in [2.24, 2.45) is 0 Å². The van der Waals surface area contributed by atoms with Crippen molar-refractivity contribution in [1.29, 1.82) is 0 Å². The van der Waals surface area contributed by atoms with Crippen molar-refractivity contribution in [3.05, 3.63) is 78.4 Å². The van der Waals surface area contributed by atoms with Crippen molar-refractivity contribution in [1.82, 2.24) is 15.4 Å². The summed E-state index contributed by atoms with van der Waals surface area (Å²) in [5, 5.41) is 9.65. The molecule has 0 saturated heterocycles. The molecule has 144 valence electrons. The zero-order valence-electron chi connectivity index (χ0n) is 15.4. The van der Waals surface area contributed by atoms with Crippen LogP contribution in [0.25, 0.3) is 33.3 Å². The van der Waals surface area contributed by atoms with E-state index in [1.165, 1.54) is 25.4 Å². The van der Waals surface area contributed by atoms with Gasteiger partial charge in [-0.25, -0.2) is 14.9 Å². The van der Waals surface area contributed by atoms with Gasteiger partial charge in [-0.15, -0.1) is 0 Å². The summed E-state index contributed by atoms with van der Waals surface area (Å²) in [5.74, 6) is -0.780. The van der Waals surface area contributed by atoms with Crippen LogP contribution in [0.1, 0.15) is 10.4 Å². The smallest absolute Gasteiger partial charge is 0.279 e. The van der Waals surface area contributed by atoms with Crippen LogP contribution in [0.4, 0.5) is 4.39 Å². The van der Waals surface area contributed by atoms with Gasteiger partial charge in [0.2, 0.25) is 0 Å². The molecule has 4 aromatic rings. The molecule has 0 fully saturated rings. The van der Waals surface area contributed by atoms with Crippen LogP contribution in [0, 0.1) is 5.82 Å². The Hall–Kier alpha value is -3.84. The lowest BCUT2D eigenvalue weighted by Crippen LogP contribution is -2.20. The van der Waals surface area contributed by atoms with E-state index in [1.54, 1.807) is 29.9 Å². The minimum absolute atomic E-state index is 0.144. The normalized spacial score (nSPS) is 10.7. The molecule has 0 atom stereocenters. The maximum absolute atomic E-state index is 13.2. The molecule has 0 saturated carbocycles. The van der Waals surface area contributed by atoms with E-state index >= 15 is 0 Å². The zero-order valence-corrected chi connectivity index (χ0v) is 15.4. The van der Waals surface area contributed by atoms with Crippen LogP contribution in [0.5, 0.6) is 5.75 Å². The fraction of sp³-hybridized carbons (Fsp3) is 0.0455. The number of hydrogen-bond acceptors (Lipinski definition) is 5. The summed E-state index contributed by atoms with van der Waals surface area (Å²) in [6, 6.07) is 15.4. The molecule has 7 heteroatoms. The van der Waals surface area contributed by atoms with Crippen LogP contribution in [0.2, 0.25) is 0 Å². The predicted molar refractivity (Wildman–Crippen MR) is 106 cm³/mol. The lowest BCUT2D eigenvalue weighted by atomic mass is 10.00. The summed E-state index contributed by atoms with van der Waals surface area (Å²) in [6.07, 6.45) is 3.07. The summed E-state index contributed by atoms with van der Waals surface area (Å²) in [7, 11) is 1.43. The molecular weight excluding hydrogens is 373 g/mol. The van der Waals surface area contributed by atoms with E-state index < -0.39 is 5.91 Å². The number of hydroxylamine groups is 1. The average molecular weight is 389 g/mol. The minimum atomic E-state index is -0.716. The maximum atomic E-state index is 13.2. The maximum Gasteiger partial charge on any atom is 0.279 e. The van der Waals surface area contributed by atoms with E-state index in [0.29, 0.717) is 16.6 Å². The molecule has 0 aliphatic rings. The number of methoxy groups -OCH3 is 1. The molecule has 29 heavy (non-hydrogen) atoms. The Morgan fingerprint density at radius 3 is 2.24 bits per heavy atom. The summed E-state index contributed by atoms with van der Waals surface area (Å²) in [4.78, 5) is 21.0. The molecule has 2 N–H and O–H groups in total. The average Bonchev–Trinajstić information content (AvgIpc) is 2.78. The number of pyridine rings is 2. The highest BCUT2D eigenvalue weighted by molar-refractivity contribution is 6.09. The van der Waals surface area contributed by atoms with Crippen molar-refractivity contribution in [2.75, 3.05) is 7.11 Å². The van der Waals surface area contributed by atoms with Crippen molar-refractivity contribution < 1.29 is 19.1 Å². The number of hydrogen-bond donors (Lipinski definition) is 2. The molecule has 2 aromatic carbocycles. The summed E-state index contributed by atoms with van der Waals surface area (Å²) < 4.78 is 18.6. The fourth-order valence-corrected chi connectivity index (χ4v) is 3.23. The summed E-state index contributed by atoms with van der Waals surface area (Å²) in [5.41, 5.74) is 5.30. The van der Waals surface area contributed by atoms with E-state index in [4.69, 9.17) is 4.74 Å². The molecule has 0 unspecified atom stereocenters. The molecular formula is C22H16FN3O3. The Kier molecular flexibility index (Phi) is 4.88. The Labute approximate surface area is 165 Å². The highest BCUT2D eigenvalue weighted by Gasteiger charge is 2.22. The molecule has 0 aliphatic carbocycles. The standard InChI is InChI=1S/C22H16FN3O3/c1-29-21-19(22(27)26-28)17-12-24-11-10-18(17)25-20(21)15-4-2-13(3-5-15)14-6-8-16(23)9-7-14/h2-12,28H,1H3,(H,26,27). The van der Waals surface area contributed by atoms with Gasteiger partial charge in [-0.3, -0.25) is 15.0 Å². The zero-order chi connectivity index (χ0) is 20.4. The van der Waals surface area contributed by atoms with Gasteiger partial charge >= 0.3 is 0 Å². The second-order valence-electron chi connectivity index (χ2n) is 6.29. The van der Waals surface area contributed by atoms with E-state index in [1.807, 2.05) is 24.3 Å². The highest BCUT2D eigenvalue weighted by Crippen LogP contribution is 2.36. The van der Waals surface area contributed by atoms with Crippen molar-refractivity contribution in [2.45, 2.75) is 0 Å². The Morgan fingerprint density at radius 2 is 1.62 bits per heavy atom. The SMILES string of the molecule is COc1c(-c2ccc(-c3ccc(F)cc3)cc2)nc2ccncc2c1C(=O)NO. The van der Waals surface area contributed by atoms with E-state index in [-0.39, 0.29) is 17.1 Å². The third-order valence-corrected chi connectivity index (χ3v) is 4.61. The van der Waals surface area contributed by atoms with Crippen molar-refractivity contribution in [3.8, 4) is 28.1 Å². The molecule has 0 spiro atoms. The monoisotopic (exact) mass is 389 g/mol. The summed E-state index contributed by atoms with van der Waals surface area (Å²) >= 11 is 0. The van der Waals surface area contributed by atoms with Crippen LogP contribution in [0.3, 0.4) is 0 Å². The van der Waals surface area contributed by atoms with Gasteiger partial charge in [-0.1, -0.05) is 36.4 Å². The van der Waals surface area contributed by atoms with Gasteiger partial charge in [-0.2, -0.15) is 0 Å². The van der Waals surface area contributed by atoms with Gasteiger partial charge in [0.25, 0.3) is 5.91 Å². The molecule has 0 aliphatic heterocycles. The van der Waals surface area contributed by atoms with Gasteiger partial charge in [0.1, 0.15) is 11.5 Å². The summed E-state index contributed by atoms with van der Waals surface area (Å²) in [6.45, 7) is 0. The first kappa shape index (κ1) is 18.5. The Morgan fingerprint density at radius 1 is 1.00 bits per heavy atom. The van der Waals surface area contributed by atoms with Crippen LogP contribution < -0.4 is 10.2 Å². The number of nitrogens with zero attached hydrogens (tertiary/aromatic N) is 2. The third kappa shape index (κ3) is 3.39. The lowest BCUT2D eigenvalue weighted by Gasteiger charge is -2.15. The largest absolute Gasteiger partial charge is 0.494 e. The number of nitrogens with one attached hydrogen (secondary N) is 1. The number of carbonyl (C=O) groups excluding carboxylic acids is 1. The first-order valence-corrected chi connectivity index (χ1v) is 8.75. The Balaban J connectivity index is 1.87. The first-order chi connectivity index (χ1) is 14.1. The highest BCUT2D eigenvalue weighted by atomic mass is 19.1. The number of benzene rings is 2. The van der Waals surface area contributed by atoms with Crippen LogP contribution >= 0.6 is 0 Å². The van der Waals surface area contributed by atoms with Gasteiger partial charge in [0.15, 0.2) is 5.75 Å². The molecule has 1 amide bonds. The van der Waals surface area contributed by atoms with Crippen LogP contribution in [-0.2, 0) is 0 Å². The lowest BCUT2D eigenvalue weighted by molar-refractivity contribution is 0.0705. The minimum Gasteiger partial charge on any atom is -0.494 e. The fourth-order valence-electron chi connectivity index (χ4n) is 3.23. The number of halogens is 1. The van der Waals surface area contributed by atoms with Crippen molar-refractivity contribution in [3.63, 3.8) is 0 Å². The van der Waals surface area contributed by atoms with E-state index in [0.717, 1.165) is 16.7 Å². The number of fused-ring (bicyclic) bond motifs is 1. The molecule has 0 radical (unpaired) electrons. The first-order valence-electron chi connectivity index (χ1n) is 8.75. The molecule has 4 rings (SSSR count). The van der Waals surface area contributed by atoms with Gasteiger partial charge in [-0.05, 0) is 29.3 Å². The van der Waals surface area contributed by atoms with Crippen LogP contribution in [0.15, 0.2) is 67.0 Å². The number of aromatic nitrogens is 2. The number of carbonyl (C=O) groups is 1. The van der Waals surface area contributed by atoms with Crippen LogP contribution in [-0.4, -0.2) is 28.2 Å². The molecule has 6 nitrogen and oxygen atoms in total. The second kappa shape index (κ2) is 7.65. The molecule has 0 bridgehead atoms. The molecule has 2 aromatic heterocycles. The van der Waals surface area contributed by atoms with Crippen molar-refractivity contribution >= 4 is 16.8 Å². The van der Waals surface area contributed by atoms with Gasteiger partial charge < -0.3 is 4.74 Å². The topological polar surface area (TPSA) is 84.3 Å². The van der Waals surface area contributed by atoms with Gasteiger partial charge in [0.05, 0.1) is 18.2 Å². The number of rotatable bonds is 4.